The maximum absolute atomic E-state index is 12.0. The zero-order chi connectivity index (χ0) is 13.5. The van der Waals surface area contributed by atoms with Crippen molar-refractivity contribution in [3.05, 3.63) is 30.1 Å². The number of rotatable bonds is 1. The van der Waals surface area contributed by atoms with Crippen LogP contribution in [0.25, 0.3) is 0 Å². The molecule has 1 spiro atoms. The molecule has 2 aliphatic heterocycles. The van der Waals surface area contributed by atoms with Gasteiger partial charge in [0.25, 0.3) is 0 Å². The fourth-order valence-corrected chi connectivity index (χ4v) is 3.11. The van der Waals surface area contributed by atoms with Crippen molar-refractivity contribution in [2.45, 2.75) is 18.9 Å². The molecule has 5 nitrogen and oxygen atoms in total. The molecule has 1 aromatic heterocycles. The largest absolute Gasteiger partial charge is 0.352 e. The summed E-state index contributed by atoms with van der Waals surface area (Å²) in [7, 11) is 1.58. The van der Waals surface area contributed by atoms with Crippen LogP contribution in [0.1, 0.15) is 24.6 Å². The van der Waals surface area contributed by atoms with Crippen LogP contribution in [-0.4, -0.2) is 42.5 Å². The minimum Gasteiger partial charge on any atom is -0.352 e. The number of piperidine rings is 1. The van der Waals surface area contributed by atoms with Crippen LogP contribution in [0.3, 0.4) is 0 Å². The van der Waals surface area contributed by atoms with E-state index in [4.69, 9.17) is 0 Å². The van der Waals surface area contributed by atoms with E-state index in [9.17, 15) is 9.59 Å². The Hall–Kier alpha value is -1.85. The predicted molar refractivity (Wildman–Crippen MR) is 72.3 cm³/mol. The molecule has 1 N–H and O–H groups in total. The van der Waals surface area contributed by atoms with E-state index in [1.165, 1.54) is 0 Å². The van der Waals surface area contributed by atoms with E-state index >= 15 is 0 Å². The van der Waals surface area contributed by atoms with E-state index in [0.717, 1.165) is 18.5 Å². The van der Waals surface area contributed by atoms with Gasteiger partial charge in [-0.3, -0.25) is 14.6 Å². The highest BCUT2D eigenvalue weighted by molar-refractivity contribution is 6.56. The number of aromatic nitrogens is 1. The summed E-state index contributed by atoms with van der Waals surface area (Å²) in [6.45, 7) is 1.32. The van der Waals surface area contributed by atoms with Gasteiger partial charge in [0.05, 0.1) is 17.2 Å². The summed E-state index contributed by atoms with van der Waals surface area (Å²) in [5.74, 6) is 0.190. The molecular formula is C13H16BN3O2. The lowest BCUT2D eigenvalue weighted by Crippen LogP contribution is -2.65. The van der Waals surface area contributed by atoms with Crippen LogP contribution in [0.15, 0.2) is 24.4 Å². The van der Waals surface area contributed by atoms with Crippen LogP contribution in [-0.2, 0) is 4.79 Å². The zero-order valence-corrected chi connectivity index (χ0v) is 10.9. The molecule has 1 unspecified atom stereocenters. The van der Waals surface area contributed by atoms with E-state index in [1.807, 2.05) is 23.1 Å². The number of carbonyl (C=O) groups excluding carboxylic acids is 2. The first kappa shape index (κ1) is 12.2. The molecule has 3 rings (SSSR count). The maximum Gasteiger partial charge on any atom is 0.229 e. The van der Waals surface area contributed by atoms with Crippen molar-refractivity contribution >= 4 is 19.6 Å². The normalized spacial score (nSPS) is 24.7. The van der Waals surface area contributed by atoms with Gasteiger partial charge in [0.2, 0.25) is 13.8 Å². The Kier molecular flexibility index (Phi) is 2.80. The molecule has 98 valence electrons. The number of likely N-dealkylation sites (tertiary alicyclic amines) is 1. The Labute approximate surface area is 112 Å². The summed E-state index contributed by atoms with van der Waals surface area (Å²) < 4.78 is 0. The van der Waals surface area contributed by atoms with Crippen LogP contribution < -0.4 is 5.32 Å². The topological polar surface area (TPSA) is 62.3 Å². The van der Waals surface area contributed by atoms with E-state index in [-0.39, 0.29) is 23.2 Å². The minimum atomic E-state index is -0.361. The minimum absolute atomic E-state index is 0.00434. The number of β-lactam (4-membered cyclic amide) rings is 1. The molecule has 0 aromatic carbocycles. The van der Waals surface area contributed by atoms with Gasteiger partial charge in [0.1, 0.15) is 0 Å². The second-order valence-electron chi connectivity index (χ2n) is 5.32. The number of hydrogen-bond donors (Lipinski definition) is 1. The molecule has 0 radical (unpaired) electrons. The average molecular weight is 257 g/mol. The van der Waals surface area contributed by atoms with Crippen LogP contribution in [0.5, 0.6) is 0 Å². The third-order valence-electron chi connectivity index (χ3n) is 4.36. The van der Waals surface area contributed by atoms with Crippen molar-refractivity contribution in [2.75, 3.05) is 13.1 Å². The highest BCUT2D eigenvalue weighted by atomic mass is 16.2. The Balaban J connectivity index is 1.80. The standard InChI is InChI=1S/C13H16BN3O2/c14-12(19)17-7-4-13(5-8-17)10(16-11(13)18)9-3-1-2-6-15-9/h1-3,6,10H,4-5,7-8,14H2,(H,16,18). The summed E-state index contributed by atoms with van der Waals surface area (Å²) in [6, 6.07) is 5.75. The second kappa shape index (κ2) is 4.37. The lowest BCUT2D eigenvalue weighted by atomic mass is 9.64. The average Bonchev–Trinajstić information content (AvgIpc) is 2.45. The Morgan fingerprint density at radius 3 is 2.68 bits per heavy atom. The second-order valence-corrected chi connectivity index (χ2v) is 5.32. The molecule has 2 amide bonds. The zero-order valence-electron chi connectivity index (χ0n) is 10.9. The summed E-state index contributed by atoms with van der Waals surface area (Å²) in [6.07, 6.45) is 3.19. The monoisotopic (exact) mass is 257 g/mol. The first-order valence-electron chi connectivity index (χ1n) is 6.61. The first-order chi connectivity index (χ1) is 9.13. The number of nitrogens with one attached hydrogen (secondary N) is 1. The predicted octanol–water partition coefficient (Wildman–Crippen LogP) is 0.0878. The quantitative estimate of drug-likeness (QED) is 0.572. The highest BCUT2D eigenvalue weighted by Gasteiger charge is 2.57. The third kappa shape index (κ3) is 1.82. The van der Waals surface area contributed by atoms with Crippen LogP contribution in [0.2, 0.25) is 0 Å². The number of pyridine rings is 1. The van der Waals surface area contributed by atoms with E-state index < -0.39 is 0 Å². The van der Waals surface area contributed by atoms with E-state index in [0.29, 0.717) is 13.1 Å². The van der Waals surface area contributed by atoms with Gasteiger partial charge >= 0.3 is 0 Å². The molecule has 0 bridgehead atoms. The Morgan fingerprint density at radius 2 is 2.16 bits per heavy atom. The highest BCUT2D eigenvalue weighted by Crippen LogP contribution is 2.49. The Bertz CT molecular complexity index is 512. The lowest BCUT2D eigenvalue weighted by molar-refractivity contribution is -0.151. The van der Waals surface area contributed by atoms with Gasteiger partial charge in [0, 0.05) is 19.3 Å². The number of nitrogens with zero attached hydrogens (tertiary/aromatic N) is 2. The van der Waals surface area contributed by atoms with Crippen molar-refractivity contribution in [3.63, 3.8) is 0 Å². The Morgan fingerprint density at radius 1 is 1.42 bits per heavy atom. The molecule has 2 saturated heterocycles. The van der Waals surface area contributed by atoms with Crippen molar-refractivity contribution in [2.24, 2.45) is 5.41 Å². The molecule has 6 heteroatoms. The van der Waals surface area contributed by atoms with Gasteiger partial charge in [-0.05, 0) is 25.0 Å². The van der Waals surface area contributed by atoms with Gasteiger partial charge in [-0.1, -0.05) is 6.07 Å². The molecule has 0 saturated carbocycles. The molecule has 3 heterocycles. The van der Waals surface area contributed by atoms with Crippen molar-refractivity contribution in [1.29, 1.82) is 0 Å². The maximum atomic E-state index is 12.0. The van der Waals surface area contributed by atoms with Crippen LogP contribution >= 0.6 is 0 Å². The molecule has 2 fully saturated rings. The summed E-state index contributed by atoms with van der Waals surface area (Å²) in [4.78, 5) is 29.5. The lowest BCUT2D eigenvalue weighted by Gasteiger charge is -2.52. The van der Waals surface area contributed by atoms with Gasteiger partial charge in [-0.2, -0.15) is 0 Å². The SMILES string of the molecule is BC(=O)N1CCC2(CC1)C(=O)NC2c1ccccn1. The smallest absolute Gasteiger partial charge is 0.229 e. The summed E-state index contributed by atoms with van der Waals surface area (Å²) >= 11 is 0. The molecule has 1 atom stereocenters. The molecule has 1 aromatic rings. The number of carbonyl (C=O) groups is 2. The summed E-state index contributed by atoms with van der Waals surface area (Å²) in [5.41, 5.74) is 0.554. The first-order valence-corrected chi connectivity index (χ1v) is 6.61. The summed E-state index contributed by atoms with van der Waals surface area (Å²) in [5, 5.41) is 2.96. The molecular weight excluding hydrogens is 241 g/mol. The van der Waals surface area contributed by atoms with Gasteiger partial charge in [-0.25, -0.2) is 0 Å². The van der Waals surface area contributed by atoms with Crippen LogP contribution in [0, 0.1) is 5.41 Å². The van der Waals surface area contributed by atoms with Crippen molar-refractivity contribution in [3.8, 4) is 0 Å². The van der Waals surface area contributed by atoms with Gasteiger partial charge in [-0.15, -0.1) is 0 Å². The van der Waals surface area contributed by atoms with Crippen molar-refractivity contribution < 1.29 is 9.59 Å². The fraction of sp³-hybridized carbons (Fsp3) is 0.462. The van der Waals surface area contributed by atoms with Crippen LogP contribution in [0.4, 0.5) is 4.79 Å². The molecule has 2 aliphatic rings. The van der Waals surface area contributed by atoms with Gasteiger partial charge in [0.15, 0.2) is 5.81 Å². The molecule has 19 heavy (non-hydrogen) atoms. The number of amides is 2. The van der Waals surface area contributed by atoms with E-state index in [2.05, 4.69) is 10.3 Å². The van der Waals surface area contributed by atoms with Crippen molar-refractivity contribution in [1.82, 2.24) is 15.2 Å². The fourth-order valence-electron chi connectivity index (χ4n) is 3.11. The number of hydrogen-bond acceptors (Lipinski definition) is 3. The van der Waals surface area contributed by atoms with E-state index in [1.54, 1.807) is 14.0 Å². The van der Waals surface area contributed by atoms with Gasteiger partial charge < -0.3 is 10.2 Å². The third-order valence-corrected chi connectivity index (χ3v) is 4.36. The molecule has 0 aliphatic carbocycles.